The highest BCUT2D eigenvalue weighted by atomic mass is 35.5. The lowest BCUT2D eigenvalue weighted by Gasteiger charge is -2.23. The van der Waals surface area contributed by atoms with Crippen molar-refractivity contribution in [2.45, 2.75) is 38.3 Å². The second kappa shape index (κ2) is 11.5. The van der Waals surface area contributed by atoms with E-state index in [4.69, 9.17) is 16.3 Å². The topological polar surface area (TPSA) is 124 Å². The molecule has 1 saturated heterocycles. The van der Waals surface area contributed by atoms with Crippen LogP contribution >= 0.6 is 11.6 Å². The van der Waals surface area contributed by atoms with Crippen molar-refractivity contribution in [3.05, 3.63) is 59.5 Å². The van der Waals surface area contributed by atoms with E-state index in [9.17, 15) is 8.42 Å². The summed E-state index contributed by atoms with van der Waals surface area (Å²) in [7, 11) is -2.68. The van der Waals surface area contributed by atoms with Crippen LogP contribution in [0.4, 0.5) is 15.9 Å². The van der Waals surface area contributed by atoms with Gasteiger partial charge < -0.3 is 10.1 Å². The Labute approximate surface area is 219 Å². The van der Waals surface area contributed by atoms with Crippen molar-refractivity contribution in [1.82, 2.24) is 29.2 Å². The number of imidazole rings is 1. The molecule has 1 unspecified atom stereocenters. The Kier molecular flexibility index (Phi) is 7.89. The van der Waals surface area contributed by atoms with Crippen LogP contribution in [-0.2, 0) is 22.0 Å². The second-order valence-electron chi connectivity index (χ2n) is 8.56. The molecule has 4 heterocycles. The Bertz CT molecular complexity index is 1480. The minimum Gasteiger partial charge on any atom is -0.358 e. The van der Waals surface area contributed by atoms with E-state index >= 15 is 4.39 Å². The van der Waals surface area contributed by atoms with Crippen LogP contribution < -0.4 is 10.0 Å². The van der Waals surface area contributed by atoms with E-state index < -0.39 is 16.7 Å². The van der Waals surface area contributed by atoms with Crippen LogP contribution in [0.3, 0.4) is 0 Å². The van der Waals surface area contributed by atoms with E-state index in [0.717, 1.165) is 19.3 Å². The SMILES string of the molecule is O=[SH](=O)NCCCc1ccc(Cl)c(Nc2ncccc2-c2ncnc3c2ncn3C2CCCCO2)c1F. The molecule has 3 aromatic heterocycles. The molecule has 1 fully saturated rings. The molecule has 37 heavy (non-hydrogen) atoms. The molecule has 1 atom stereocenters. The van der Waals surface area contributed by atoms with Crippen molar-refractivity contribution in [3.8, 4) is 11.3 Å². The molecular formula is C24H25ClFN7O3S. The van der Waals surface area contributed by atoms with Crippen LogP contribution in [0.15, 0.2) is 43.1 Å². The quantitative estimate of drug-likeness (QED) is 0.211. The maximum Gasteiger partial charge on any atom is 0.201 e. The van der Waals surface area contributed by atoms with Crippen LogP contribution in [0.5, 0.6) is 0 Å². The van der Waals surface area contributed by atoms with E-state index in [1.54, 1.807) is 30.7 Å². The van der Waals surface area contributed by atoms with Crippen molar-refractivity contribution in [2.75, 3.05) is 18.5 Å². The Balaban J connectivity index is 1.47. The van der Waals surface area contributed by atoms with Gasteiger partial charge in [-0.25, -0.2) is 37.5 Å². The lowest BCUT2D eigenvalue weighted by Crippen LogP contribution is -2.17. The number of thiol groups is 1. The number of nitrogens with zero attached hydrogens (tertiary/aromatic N) is 5. The molecule has 0 bridgehead atoms. The zero-order chi connectivity index (χ0) is 25.8. The molecule has 1 aliphatic rings. The third kappa shape index (κ3) is 5.57. The molecule has 10 nitrogen and oxygen atoms in total. The van der Waals surface area contributed by atoms with Gasteiger partial charge >= 0.3 is 0 Å². The van der Waals surface area contributed by atoms with Crippen LogP contribution in [-0.4, -0.2) is 46.1 Å². The lowest BCUT2D eigenvalue weighted by atomic mass is 10.1. The molecule has 2 N–H and O–H groups in total. The number of nitrogens with one attached hydrogen (secondary N) is 2. The first-order valence-corrected chi connectivity index (χ1v) is 13.4. The molecule has 0 spiro atoms. The maximum atomic E-state index is 15.4. The fraction of sp³-hybridized carbons (Fsp3) is 0.333. The number of benzene rings is 1. The number of pyridine rings is 1. The average molecular weight is 546 g/mol. The average Bonchev–Trinajstić information content (AvgIpc) is 3.35. The van der Waals surface area contributed by atoms with Gasteiger partial charge in [-0.2, -0.15) is 0 Å². The van der Waals surface area contributed by atoms with Gasteiger partial charge in [-0.05, 0) is 55.9 Å². The summed E-state index contributed by atoms with van der Waals surface area (Å²) < 4.78 is 47.0. The monoisotopic (exact) mass is 545 g/mol. The van der Waals surface area contributed by atoms with Crippen molar-refractivity contribution in [2.24, 2.45) is 0 Å². The minimum absolute atomic E-state index is 0.0772. The molecule has 1 aliphatic heterocycles. The Morgan fingerprint density at radius 3 is 2.86 bits per heavy atom. The molecule has 13 heteroatoms. The maximum absolute atomic E-state index is 15.4. The first-order chi connectivity index (χ1) is 18.0. The summed E-state index contributed by atoms with van der Waals surface area (Å²) in [5.41, 5.74) is 2.86. The van der Waals surface area contributed by atoms with Gasteiger partial charge in [0, 0.05) is 24.9 Å². The highest BCUT2D eigenvalue weighted by Crippen LogP contribution is 2.36. The van der Waals surface area contributed by atoms with Gasteiger partial charge in [-0.15, -0.1) is 0 Å². The van der Waals surface area contributed by atoms with Gasteiger partial charge in [-0.1, -0.05) is 17.7 Å². The van der Waals surface area contributed by atoms with Gasteiger partial charge in [0.05, 0.1) is 17.0 Å². The van der Waals surface area contributed by atoms with Gasteiger partial charge in [0.2, 0.25) is 10.9 Å². The molecule has 1 aromatic carbocycles. The number of fused-ring (bicyclic) bond motifs is 1. The molecule has 0 aliphatic carbocycles. The fourth-order valence-electron chi connectivity index (χ4n) is 4.37. The standard InChI is InChI=1S/C24H25ClFN7O3S/c25-17-9-8-15(5-3-11-31-37(34)35)19(26)21(17)32-23-16(6-4-10-27-23)20-22-24(29-13-28-20)33(14-30-22)18-7-1-2-12-36-18/h4,6,8-10,13-14,18,37H,1-3,5,7,11-12H2,(H,27,32)(H,31,34,35). The molecule has 194 valence electrons. The summed E-state index contributed by atoms with van der Waals surface area (Å²) in [6.07, 6.45) is 8.37. The molecular weight excluding hydrogens is 521 g/mol. The van der Waals surface area contributed by atoms with Gasteiger partial charge in [-0.3, -0.25) is 4.57 Å². The summed E-state index contributed by atoms with van der Waals surface area (Å²) in [6, 6.07) is 6.77. The predicted molar refractivity (Wildman–Crippen MR) is 139 cm³/mol. The molecule has 0 radical (unpaired) electrons. The number of hydrogen-bond acceptors (Lipinski definition) is 8. The molecule has 5 rings (SSSR count). The van der Waals surface area contributed by atoms with Gasteiger partial charge in [0.25, 0.3) is 0 Å². The summed E-state index contributed by atoms with van der Waals surface area (Å²) >= 11 is 6.36. The smallest absolute Gasteiger partial charge is 0.201 e. The number of aryl methyl sites for hydroxylation is 1. The number of anilines is 2. The summed E-state index contributed by atoms with van der Waals surface area (Å²) in [4.78, 5) is 17.9. The van der Waals surface area contributed by atoms with E-state index in [0.29, 0.717) is 53.3 Å². The van der Waals surface area contributed by atoms with E-state index in [1.165, 1.54) is 6.33 Å². The predicted octanol–water partition coefficient (Wildman–Crippen LogP) is 4.17. The first-order valence-electron chi connectivity index (χ1n) is 11.9. The Hall–Kier alpha value is -3.19. The van der Waals surface area contributed by atoms with E-state index in [2.05, 4.69) is 30.0 Å². The number of ether oxygens (including phenoxy) is 1. The number of rotatable bonds is 9. The van der Waals surface area contributed by atoms with Crippen LogP contribution in [0.25, 0.3) is 22.4 Å². The Morgan fingerprint density at radius 1 is 1.16 bits per heavy atom. The van der Waals surface area contributed by atoms with E-state index in [1.807, 2.05) is 10.6 Å². The largest absolute Gasteiger partial charge is 0.358 e. The van der Waals surface area contributed by atoms with Crippen molar-refractivity contribution in [1.29, 1.82) is 0 Å². The van der Waals surface area contributed by atoms with Gasteiger partial charge in [0.15, 0.2) is 11.5 Å². The zero-order valence-corrected chi connectivity index (χ0v) is 21.4. The van der Waals surface area contributed by atoms with Gasteiger partial charge in [0.1, 0.15) is 29.6 Å². The Morgan fingerprint density at radius 2 is 2.05 bits per heavy atom. The number of aromatic nitrogens is 5. The highest BCUT2D eigenvalue weighted by molar-refractivity contribution is 7.70. The van der Waals surface area contributed by atoms with Crippen LogP contribution in [0, 0.1) is 5.82 Å². The third-order valence-corrected chi connectivity index (χ3v) is 6.96. The first kappa shape index (κ1) is 25.5. The normalized spacial score (nSPS) is 15.9. The van der Waals surface area contributed by atoms with Crippen LogP contribution in [0.1, 0.15) is 37.5 Å². The van der Waals surface area contributed by atoms with Crippen molar-refractivity contribution in [3.63, 3.8) is 0 Å². The molecule has 0 saturated carbocycles. The number of hydrogen-bond donors (Lipinski definition) is 3. The minimum atomic E-state index is -2.68. The summed E-state index contributed by atoms with van der Waals surface area (Å²) in [5, 5.41) is 3.23. The second-order valence-corrected chi connectivity index (χ2v) is 9.79. The molecule has 0 amide bonds. The highest BCUT2D eigenvalue weighted by Gasteiger charge is 2.22. The molecule has 4 aromatic rings. The fourth-order valence-corrected chi connectivity index (χ4v) is 4.90. The third-order valence-electron chi connectivity index (χ3n) is 6.17. The van der Waals surface area contributed by atoms with E-state index in [-0.39, 0.29) is 23.5 Å². The van der Waals surface area contributed by atoms with Crippen LogP contribution in [0.2, 0.25) is 5.02 Å². The summed E-state index contributed by atoms with van der Waals surface area (Å²) in [6.45, 7) is 0.912. The number of halogens is 2. The van der Waals surface area contributed by atoms with Crippen molar-refractivity contribution < 1.29 is 17.5 Å². The van der Waals surface area contributed by atoms with Crippen molar-refractivity contribution >= 4 is 45.2 Å². The zero-order valence-electron chi connectivity index (χ0n) is 19.7. The summed E-state index contributed by atoms with van der Waals surface area (Å²) in [5.74, 6) is -0.170. The lowest BCUT2D eigenvalue weighted by molar-refractivity contribution is -0.0298.